The molecule has 0 spiro atoms. The Hall–Kier alpha value is -4.55. The van der Waals surface area contributed by atoms with Gasteiger partial charge in [-0.15, -0.1) is 0 Å². The molecule has 5 nitrogen and oxygen atoms in total. The second-order valence-electron chi connectivity index (χ2n) is 12.0. The van der Waals surface area contributed by atoms with E-state index in [1.165, 1.54) is 0 Å². The van der Waals surface area contributed by atoms with Crippen molar-refractivity contribution in [1.29, 1.82) is 0 Å². The molecule has 1 aliphatic carbocycles. The van der Waals surface area contributed by atoms with E-state index in [0.717, 1.165) is 64.6 Å². The van der Waals surface area contributed by atoms with Gasteiger partial charge in [-0.3, -0.25) is 5.32 Å². The fraction of sp³-hybridized carbons (Fsp3) is 0.225. The quantitative estimate of drug-likeness (QED) is 0.0997. The summed E-state index contributed by atoms with van der Waals surface area (Å²) in [7, 11) is 0. The first kappa shape index (κ1) is 29.2. The van der Waals surface area contributed by atoms with Gasteiger partial charge in [0.1, 0.15) is 5.52 Å². The highest BCUT2D eigenvalue weighted by atomic mass is 16.6. The predicted octanol–water partition coefficient (Wildman–Crippen LogP) is 8.61. The van der Waals surface area contributed by atoms with Crippen LogP contribution in [-0.4, -0.2) is 21.9 Å². The van der Waals surface area contributed by atoms with E-state index in [4.69, 9.17) is 9.15 Å². The van der Waals surface area contributed by atoms with Crippen LogP contribution < -0.4 is 5.32 Å². The van der Waals surface area contributed by atoms with Crippen molar-refractivity contribution in [1.82, 2.24) is 10.3 Å². The SMILES string of the molecule is O[C@]1(OCc2ccc(-c3nc4ccccc4o3)cc2)CCCCC[C@@H]1NC(c1ccccc1)(c1ccccc1)c1ccccc1. The molecule has 6 aromatic rings. The zero-order valence-corrected chi connectivity index (χ0v) is 25.3. The van der Waals surface area contributed by atoms with Gasteiger partial charge in [-0.2, -0.15) is 0 Å². The molecule has 0 radical (unpaired) electrons. The zero-order valence-electron chi connectivity index (χ0n) is 25.3. The maximum atomic E-state index is 12.4. The first-order chi connectivity index (χ1) is 22.1. The topological polar surface area (TPSA) is 67.5 Å². The lowest BCUT2D eigenvalue weighted by atomic mass is 9.75. The number of aliphatic hydroxyl groups is 1. The standard InChI is InChI=1S/C40H38N2O3/c43-39(44-29-30-24-26-31(27-25-30)38-41-35-21-12-13-22-36(35)45-38)28-14-4-11-23-37(39)42-40(32-15-5-1-6-16-32,33-17-7-2-8-18-33)34-19-9-3-10-20-34/h1-3,5-10,12-13,15-22,24-27,37,42-43H,4,11,14,23,28-29H2/t37-,39-/m0/s1. The third-order valence-electron chi connectivity index (χ3n) is 9.07. The van der Waals surface area contributed by atoms with Gasteiger partial charge in [-0.1, -0.05) is 128 Å². The minimum atomic E-state index is -1.36. The Morgan fingerprint density at radius 2 is 1.29 bits per heavy atom. The lowest BCUT2D eigenvalue weighted by molar-refractivity contribution is -0.234. The first-order valence-electron chi connectivity index (χ1n) is 15.9. The molecular formula is C40H38N2O3. The molecule has 0 bridgehead atoms. The molecule has 1 fully saturated rings. The molecule has 0 unspecified atom stereocenters. The van der Waals surface area contributed by atoms with Gasteiger partial charge in [-0.05, 0) is 59.4 Å². The van der Waals surface area contributed by atoms with Gasteiger partial charge in [-0.25, -0.2) is 4.98 Å². The Morgan fingerprint density at radius 3 is 1.89 bits per heavy atom. The number of nitrogens with zero attached hydrogens (tertiary/aromatic N) is 1. The van der Waals surface area contributed by atoms with Gasteiger partial charge in [0.25, 0.3) is 0 Å². The second-order valence-corrected chi connectivity index (χ2v) is 12.0. The average Bonchev–Trinajstić information content (AvgIpc) is 3.46. The largest absolute Gasteiger partial charge is 0.436 e. The molecule has 7 rings (SSSR count). The van der Waals surface area contributed by atoms with E-state index in [-0.39, 0.29) is 12.6 Å². The van der Waals surface area contributed by atoms with Crippen LogP contribution in [0.1, 0.15) is 54.4 Å². The van der Waals surface area contributed by atoms with Crippen molar-refractivity contribution in [3.05, 3.63) is 162 Å². The fourth-order valence-electron chi connectivity index (χ4n) is 6.68. The number of benzene rings is 5. The molecule has 5 heteroatoms. The number of hydrogen-bond donors (Lipinski definition) is 2. The highest BCUT2D eigenvalue weighted by Gasteiger charge is 2.46. The number of rotatable bonds is 9. The smallest absolute Gasteiger partial charge is 0.227 e. The molecule has 1 aromatic heterocycles. The third-order valence-corrected chi connectivity index (χ3v) is 9.07. The number of hydrogen-bond acceptors (Lipinski definition) is 5. The maximum Gasteiger partial charge on any atom is 0.227 e. The Balaban J connectivity index is 1.20. The molecule has 2 N–H and O–H groups in total. The molecule has 0 saturated heterocycles. The number of nitrogens with one attached hydrogen (secondary N) is 1. The molecular weight excluding hydrogens is 556 g/mol. The molecule has 45 heavy (non-hydrogen) atoms. The highest BCUT2D eigenvalue weighted by molar-refractivity contribution is 5.76. The predicted molar refractivity (Wildman–Crippen MR) is 178 cm³/mol. The molecule has 0 amide bonds. The number of aromatic nitrogens is 1. The Labute approximate surface area is 264 Å². The molecule has 226 valence electrons. The summed E-state index contributed by atoms with van der Waals surface area (Å²) in [5.74, 6) is -0.770. The average molecular weight is 595 g/mol. The summed E-state index contributed by atoms with van der Waals surface area (Å²) < 4.78 is 12.5. The van der Waals surface area contributed by atoms with Crippen LogP contribution in [0.15, 0.2) is 144 Å². The van der Waals surface area contributed by atoms with Crippen LogP contribution in [0.4, 0.5) is 0 Å². The van der Waals surface area contributed by atoms with Crippen LogP contribution in [0.3, 0.4) is 0 Å². The van der Waals surface area contributed by atoms with E-state index in [1.807, 2.05) is 66.7 Å². The summed E-state index contributed by atoms with van der Waals surface area (Å²) in [5, 5.41) is 16.4. The van der Waals surface area contributed by atoms with E-state index in [2.05, 4.69) is 83.1 Å². The Morgan fingerprint density at radius 1 is 0.711 bits per heavy atom. The summed E-state index contributed by atoms with van der Waals surface area (Å²) in [6.45, 7) is 0.289. The molecule has 1 aliphatic rings. The summed E-state index contributed by atoms with van der Waals surface area (Å²) in [6, 6.07) is 47.1. The van der Waals surface area contributed by atoms with Crippen molar-refractivity contribution < 1.29 is 14.3 Å². The van der Waals surface area contributed by atoms with Gasteiger partial charge < -0.3 is 14.3 Å². The Bertz CT molecular complexity index is 1690. The van der Waals surface area contributed by atoms with E-state index in [0.29, 0.717) is 12.3 Å². The lowest BCUT2D eigenvalue weighted by Gasteiger charge is -2.44. The monoisotopic (exact) mass is 594 g/mol. The van der Waals surface area contributed by atoms with E-state index >= 15 is 0 Å². The van der Waals surface area contributed by atoms with Crippen LogP contribution >= 0.6 is 0 Å². The van der Waals surface area contributed by atoms with E-state index < -0.39 is 11.3 Å². The minimum Gasteiger partial charge on any atom is -0.436 e. The summed E-state index contributed by atoms with van der Waals surface area (Å²) >= 11 is 0. The van der Waals surface area contributed by atoms with Crippen molar-refractivity contribution in [3.8, 4) is 11.5 Å². The summed E-state index contributed by atoms with van der Waals surface area (Å²) in [6.07, 6.45) is 4.32. The normalized spacial score (nSPS) is 18.9. The Kier molecular flexibility index (Phi) is 8.31. The number of fused-ring (bicyclic) bond motifs is 1. The second kappa shape index (κ2) is 12.8. The first-order valence-corrected chi connectivity index (χ1v) is 15.9. The molecule has 2 atom stereocenters. The van der Waals surface area contributed by atoms with Crippen LogP contribution in [0.25, 0.3) is 22.6 Å². The fourth-order valence-corrected chi connectivity index (χ4v) is 6.68. The molecule has 5 aromatic carbocycles. The summed E-state index contributed by atoms with van der Waals surface area (Å²) in [4.78, 5) is 4.63. The maximum absolute atomic E-state index is 12.4. The number of ether oxygens (including phenoxy) is 1. The summed E-state index contributed by atoms with van der Waals surface area (Å²) in [5.41, 5.74) is 6.14. The van der Waals surface area contributed by atoms with Crippen LogP contribution in [-0.2, 0) is 16.9 Å². The van der Waals surface area contributed by atoms with Gasteiger partial charge in [0.05, 0.1) is 18.2 Å². The minimum absolute atomic E-state index is 0.289. The van der Waals surface area contributed by atoms with Crippen molar-refractivity contribution in [2.24, 2.45) is 0 Å². The zero-order chi connectivity index (χ0) is 30.5. The van der Waals surface area contributed by atoms with E-state index in [1.54, 1.807) is 0 Å². The van der Waals surface area contributed by atoms with Gasteiger partial charge in [0.15, 0.2) is 11.4 Å². The van der Waals surface area contributed by atoms with Crippen molar-refractivity contribution in [3.63, 3.8) is 0 Å². The molecule has 0 aliphatic heterocycles. The van der Waals surface area contributed by atoms with Gasteiger partial charge >= 0.3 is 0 Å². The highest BCUT2D eigenvalue weighted by Crippen LogP contribution is 2.40. The van der Waals surface area contributed by atoms with Crippen molar-refractivity contribution in [2.45, 2.75) is 56.1 Å². The van der Waals surface area contributed by atoms with Crippen LogP contribution in [0.2, 0.25) is 0 Å². The van der Waals surface area contributed by atoms with Gasteiger partial charge in [0.2, 0.25) is 5.89 Å². The van der Waals surface area contributed by atoms with Crippen LogP contribution in [0.5, 0.6) is 0 Å². The molecule has 1 saturated carbocycles. The van der Waals surface area contributed by atoms with Crippen molar-refractivity contribution >= 4 is 11.1 Å². The van der Waals surface area contributed by atoms with Gasteiger partial charge in [0, 0.05) is 12.0 Å². The van der Waals surface area contributed by atoms with E-state index in [9.17, 15) is 5.11 Å². The molecule has 1 heterocycles. The third kappa shape index (κ3) is 5.95. The van der Waals surface area contributed by atoms with Crippen molar-refractivity contribution in [2.75, 3.05) is 0 Å². The van der Waals surface area contributed by atoms with Crippen LogP contribution in [0, 0.1) is 0 Å². The number of oxazole rings is 1. The number of para-hydroxylation sites is 2. The lowest BCUT2D eigenvalue weighted by Crippen LogP contribution is -2.59.